The van der Waals surface area contributed by atoms with Crippen molar-refractivity contribution in [2.75, 3.05) is 17.2 Å². The SMILES string of the molecule is CC(O)(C#Cc1ccc2c(c1)N(c1nc(N)ncc1Cl)CC2(C)C)c1nccs1. The van der Waals surface area contributed by atoms with Crippen LogP contribution in [0.25, 0.3) is 0 Å². The van der Waals surface area contributed by atoms with E-state index in [9.17, 15) is 5.11 Å². The molecule has 8 heteroatoms. The summed E-state index contributed by atoms with van der Waals surface area (Å²) in [5.41, 5.74) is 7.30. The van der Waals surface area contributed by atoms with Gasteiger partial charge in [-0.15, -0.1) is 11.3 Å². The van der Waals surface area contributed by atoms with Gasteiger partial charge in [-0.3, -0.25) is 0 Å². The van der Waals surface area contributed by atoms with Crippen LogP contribution in [0.1, 0.15) is 36.9 Å². The number of hydrogen-bond acceptors (Lipinski definition) is 7. The van der Waals surface area contributed by atoms with Crippen LogP contribution in [-0.2, 0) is 11.0 Å². The second kappa shape index (κ2) is 6.99. The van der Waals surface area contributed by atoms with Crippen LogP contribution < -0.4 is 10.6 Å². The van der Waals surface area contributed by atoms with E-state index in [4.69, 9.17) is 17.3 Å². The van der Waals surface area contributed by atoms with Crippen LogP contribution in [0.3, 0.4) is 0 Å². The smallest absolute Gasteiger partial charge is 0.222 e. The molecule has 0 fully saturated rings. The Bertz CT molecular complexity index is 1130. The fourth-order valence-electron chi connectivity index (χ4n) is 3.43. The van der Waals surface area contributed by atoms with Gasteiger partial charge in [0.2, 0.25) is 5.95 Å². The molecule has 0 saturated heterocycles. The first-order chi connectivity index (χ1) is 13.7. The van der Waals surface area contributed by atoms with Gasteiger partial charge in [-0.1, -0.05) is 43.4 Å². The fourth-order valence-corrected chi connectivity index (χ4v) is 4.28. The molecule has 0 spiro atoms. The van der Waals surface area contributed by atoms with Crippen LogP contribution in [0.2, 0.25) is 5.02 Å². The lowest BCUT2D eigenvalue weighted by atomic mass is 9.86. The van der Waals surface area contributed by atoms with E-state index in [0.717, 1.165) is 11.3 Å². The van der Waals surface area contributed by atoms with Crippen LogP contribution in [0.15, 0.2) is 36.0 Å². The molecular weight excluding hydrogens is 406 g/mol. The molecule has 29 heavy (non-hydrogen) atoms. The van der Waals surface area contributed by atoms with E-state index in [1.807, 2.05) is 22.4 Å². The number of halogens is 1. The lowest BCUT2D eigenvalue weighted by Crippen LogP contribution is -2.26. The third-order valence-electron chi connectivity index (χ3n) is 4.87. The van der Waals surface area contributed by atoms with Gasteiger partial charge in [0.25, 0.3) is 0 Å². The molecule has 0 radical (unpaired) electrons. The number of hydrogen-bond donors (Lipinski definition) is 2. The van der Waals surface area contributed by atoms with E-state index in [0.29, 0.717) is 22.4 Å². The first-order valence-corrected chi connectivity index (χ1v) is 10.3. The molecule has 0 saturated carbocycles. The lowest BCUT2D eigenvalue weighted by Gasteiger charge is -2.22. The molecule has 2 aromatic heterocycles. The minimum Gasteiger partial charge on any atom is -0.371 e. The molecule has 148 valence electrons. The number of nitrogens with zero attached hydrogens (tertiary/aromatic N) is 4. The van der Waals surface area contributed by atoms with Crippen LogP contribution in [0.4, 0.5) is 17.5 Å². The van der Waals surface area contributed by atoms with Gasteiger partial charge in [-0.25, -0.2) is 9.97 Å². The monoisotopic (exact) mass is 425 g/mol. The standard InChI is InChI=1S/C21H20ClN5OS/c1-20(2)12-27(17-15(22)11-25-19(23)26-17)16-10-13(4-5-14(16)20)6-7-21(3,28)18-24-8-9-29-18/h4-5,8-11,28H,12H2,1-3H3,(H2,23,25,26). The highest BCUT2D eigenvalue weighted by molar-refractivity contribution is 7.09. The Morgan fingerprint density at radius 2 is 2.14 bits per heavy atom. The summed E-state index contributed by atoms with van der Waals surface area (Å²) in [6.07, 6.45) is 3.17. The summed E-state index contributed by atoms with van der Waals surface area (Å²) in [6.45, 7) is 6.68. The summed E-state index contributed by atoms with van der Waals surface area (Å²) in [5, 5.41) is 13.4. The Labute approximate surface area is 178 Å². The van der Waals surface area contributed by atoms with Gasteiger partial charge in [-0.2, -0.15) is 4.98 Å². The van der Waals surface area contributed by atoms with Gasteiger partial charge in [-0.05, 0) is 24.6 Å². The van der Waals surface area contributed by atoms with Gasteiger partial charge in [0.05, 0.1) is 6.20 Å². The van der Waals surface area contributed by atoms with Crippen molar-refractivity contribution in [3.8, 4) is 11.8 Å². The quantitative estimate of drug-likeness (QED) is 0.606. The molecule has 1 aromatic carbocycles. The number of rotatable bonds is 2. The van der Waals surface area contributed by atoms with E-state index >= 15 is 0 Å². The molecule has 1 aliphatic heterocycles. The van der Waals surface area contributed by atoms with Gasteiger partial charge >= 0.3 is 0 Å². The first kappa shape index (κ1) is 19.6. The van der Waals surface area contributed by atoms with Gasteiger partial charge in [0.15, 0.2) is 11.4 Å². The molecule has 4 rings (SSSR count). The van der Waals surface area contributed by atoms with Crippen molar-refractivity contribution in [3.63, 3.8) is 0 Å². The predicted octanol–water partition coefficient (Wildman–Crippen LogP) is 3.86. The van der Waals surface area contributed by atoms with Crippen LogP contribution >= 0.6 is 22.9 Å². The normalized spacial score (nSPS) is 16.7. The zero-order valence-electron chi connectivity index (χ0n) is 16.3. The largest absolute Gasteiger partial charge is 0.371 e. The Morgan fingerprint density at radius 3 is 2.86 bits per heavy atom. The molecule has 3 N–H and O–H groups in total. The molecule has 1 unspecified atom stereocenters. The van der Waals surface area contributed by atoms with Gasteiger partial charge in [0.1, 0.15) is 10.0 Å². The maximum Gasteiger partial charge on any atom is 0.222 e. The molecule has 1 aliphatic rings. The van der Waals surface area contributed by atoms with Crippen LogP contribution in [0.5, 0.6) is 0 Å². The molecular formula is C21H20ClN5OS. The van der Waals surface area contributed by atoms with Crippen molar-refractivity contribution in [1.82, 2.24) is 15.0 Å². The second-order valence-corrected chi connectivity index (χ2v) is 9.06. The molecule has 3 heterocycles. The van der Waals surface area contributed by atoms with Crippen molar-refractivity contribution < 1.29 is 5.11 Å². The third kappa shape index (κ3) is 3.67. The summed E-state index contributed by atoms with van der Waals surface area (Å²) >= 11 is 7.74. The van der Waals surface area contributed by atoms with E-state index in [2.05, 4.69) is 46.7 Å². The number of anilines is 3. The Hall–Kier alpha value is -2.66. The minimum absolute atomic E-state index is 0.100. The Morgan fingerprint density at radius 1 is 1.34 bits per heavy atom. The summed E-state index contributed by atoms with van der Waals surface area (Å²) in [6, 6.07) is 6.02. The Balaban J connectivity index is 1.76. The number of fused-ring (bicyclic) bond motifs is 1. The number of aromatic nitrogens is 3. The maximum absolute atomic E-state index is 10.6. The molecule has 0 aliphatic carbocycles. The van der Waals surface area contributed by atoms with Gasteiger partial charge < -0.3 is 15.7 Å². The molecule has 6 nitrogen and oxygen atoms in total. The van der Waals surface area contributed by atoms with E-state index in [1.165, 1.54) is 23.1 Å². The zero-order valence-corrected chi connectivity index (χ0v) is 17.8. The first-order valence-electron chi connectivity index (χ1n) is 9.03. The minimum atomic E-state index is -1.31. The van der Waals surface area contributed by atoms with E-state index in [1.54, 1.807) is 13.1 Å². The highest BCUT2D eigenvalue weighted by Crippen LogP contribution is 2.45. The van der Waals surface area contributed by atoms with E-state index < -0.39 is 5.60 Å². The average molecular weight is 426 g/mol. The molecule has 1 atom stereocenters. The summed E-state index contributed by atoms with van der Waals surface area (Å²) in [5.74, 6) is 6.75. The van der Waals surface area contributed by atoms with Gasteiger partial charge in [0, 0.05) is 34.8 Å². The second-order valence-electron chi connectivity index (χ2n) is 7.76. The lowest BCUT2D eigenvalue weighted by molar-refractivity contribution is 0.122. The topological polar surface area (TPSA) is 88.2 Å². The maximum atomic E-state index is 10.6. The Kier molecular flexibility index (Phi) is 4.74. The van der Waals surface area contributed by atoms with Crippen molar-refractivity contribution in [3.05, 3.63) is 57.1 Å². The van der Waals surface area contributed by atoms with E-state index in [-0.39, 0.29) is 11.4 Å². The number of benzene rings is 1. The fraction of sp³-hybridized carbons (Fsp3) is 0.286. The summed E-state index contributed by atoms with van der Waals surface area (Å²) < 4.78 is 0. The highest BCUT2D eigenvalue weighted by atomic mass is 35.5. The summed E-state index contributed by atoms with van der Waals surface area (Å²) in [4.78, 5) is 14.5. The van der Waals surface area contributed by atoms with Crippen molar-refractivity contribution in [2.24, 2.45) is 0 Å². The number of nitrogen functional groups attached to an aromatic ring is 1. The van der Waals surface area contributed by atoms with Crippen LogP contribution in [0, 0.1) is 11.8 Å². The highest BCUT2D eigenvalue weighted by Gasteiger charge is 2.37. The number of thiazole rings is 1. The number of aliphatic hydroxyl groups is 1. The predicted molar refractivity (Wildman–Crippen MR) is 116 cm³/mol. The van der Waals surface area contributed by atoms with Crippen molar-refractivity contribution >= 4 is 40.4 Å². The third-order valence-corrected chi connectivity index (χ3v) is 6.12. The van der Waals surface area contributed by atoms with Crippen molar-refractivity contribution in [2.45, 2.75) is 31.8 Å². The van der Waals surface area contributed by atoms with Crippen molar-refractivity contribution in [1.29, 1.82) is 0 Å². The molecule has 0 bridgehead atoms. The number of nitrogens with two attached hydrogens (primary N) is 1. The zero-order chi connectivity index (χ0) is 20.8. The van der Waals surface area contributed by atoms with Crippen LogP contribution in [-0.4, -0.2) is 26.6 Å². The molecule has 3 aromatic rings. The molecule has 0 amide bonds. The summed E-state index contributed by atoms with van der Waals surface area (Å²) in [7, 11) is 0. The average Bonchev–Trinajstić information content (AvgIpc) is 3.30.